The topological polar surface area (TPSA) is 62.9 Å². The molecule has 1 aliphatic carbocycles. The van der Waals surface area contributed by atoms with Crippen molar-refractivity contribution in [2.45, 2.75) is 24.7 Å². The lowest BCUT2D eigenvalue weighted by Gasteiger charge is -2.45. The molecule has 5 heteroatoms. The SMILES string of the molecule is C=CC12CC(C=N)=C(Nc3ccc(C)cc3)C=C1CCN(Sc1cccc(C#N)c1)C2. The van der Waals surface area contributed by atoms with Crippen LogP contribution in [0.1, 0.15) is 24.0 Å². The van der Waals surface area contributed by atoms with Gasteiger partial charge in [0.05, 0.1) is 11.6 Å². The number of nitriles is 1. The highest BCUT2D eigenvalue weighted by Gasteiger charge is 2.40. The van der Waals surface area contributed by atoms with Crippen molar-refractivity contribution in [2.24, 2.45) is 5.41 Å². The first kappa shape index (κ1) is 21.2. The fourth-order valence-corrected chi connectivity index (χ4v) is 5.33. The lowest BCUT2D eigenvalue weighted by Crippen LogP contribution is -2.42. The highest BCUT2D eigenvalue weighted by molar-refractivity contribution is 7.97. The number of hydrogen-bond acceptors (Lipinski definition) is 5. The summed E-state index contributed by atoms with van der Waals surface area (Å²) in [6.07, 6.45) is 7.46. The van der Waals surface area contributed by atoms with Gasteiger partial charge in [0.25, 0.3) is 0 Å². The summed E-state index contributed by atoms with van der Waals surface area (Å²) >= 11 is 1.70. The fraction of sp³-hybridized carbons (Fsp3) is 0.231. The zero-order valence-corrected chi connectivity index (χ0v) is 18.5. The minimum Gasteiger partial charge on any atom is -0.355 e. The Morgan fingerprint density at radius 1 is 1.26 bits per heavy atom. The Morgan fingerprint density at radius 2 is 2.06 bits per heavy atom. The standard InChI is InChI=1S/C26H26N4S/c1-3-26-15-21(17-28)25(29-23-9-7-19(2)8-10-23)14-22(26)11-12-30(18-26)31-24-6-4-5-20(13-24)16-27/h3-10,13-14,17,28-29H,1,11-12,15,18H2,2H3. The van der Waals surface area contributed by atoms with Gasteiger partial charge in [-0.2, -0.15) is 5.26 Å². The third-order valence-corrected chi connectivity index (χ3v) is 7.03. The van der Waals surface area contributed by atoms with Crippen LogP contribution < -0.4 is 5.32 Å². The van der Waals surface area contributed by atoms with E-state index in [0.29, 0.717) is 5.56 Å². The average Bonchev–Trinajstić information content (AvgIpc) is 2.80. The number of nitrogens with zero attached hydrogens (tertiary/aromatic N) is 2. The number of benzene rings is 2. The molecule has 2 aliphatic rings. The summed E-state index contributed by atoms with van der Waals surface area (Å²) < 4.78 is 2.36. The largest absolute Gasteiger partial charge is 0.355 e. The number of allylic oxidation sites excluding steroid dienone is 2. The molecular weight excluding hydrogens is 400 g/mol. The van der Waals surface area contributed by atoms with E-state index in [1.807, 2.05) is 24.3 Å². The quantitative estimate of drug-likeness (QED) is 0.333. The molecule has 2 aromatic carbocycles. The number of aryl methyl sites for hydroxylation is 1. The van der Waals surface area contributed by atoms with Crippen molar-refractivity contribution in [3.63, 3.8) is 0 Å². The van der Waals surface area contributed by atoms with E-state index in [9.17, 15) is 5.26 Å². The molecule has 2 N–H and O–H groups in total. The highest BCUT2D eigenvalue weighted by Crippen LogP contribution is 2.47. The second-order valence-corrected chi connectivity index (χ2v) is 9.30. The van der Waals surface area contributed by atoms with Crippen LogP contribution in [0, 0.1) is 29.1 Å². The van der Waals surface area contributed by atoms with Crippen LogP contribution in [0.2, 0.25) is 0 Å². The molecule has 31 heavy (non-hydrogen) atoms. The molecule has 1 fully saturated rings. The van der Waals surface area contributed by atoms with Gasteiger partial charge >= 0.3 is 0 Å². The fourth-order valence-electron chi connectivity index (χ4n) is 4.23. The van der Waals surface area contributed by atoms with Crippen LogP contribution in [-0.4, -0.2) is 23.6 Å². The second kappa shape index (κ2) is 8.97. The van der Waals surface area contributed by atoms with Crippen molar-refractivity contribution in [2.75, 3.05) is 18.4 Å². The summed E-state index contributed by atoms with van der Waals surface area (Å²) in [6, 6.07) is 18.3. The zero-order valence-electron chi connectivity index (χ0n) is 17.7. The van der Waals surface area contributed by atoms with E-state index >= 15 is 0 Å². The van der Waals surface area contributed by atoms with Gasteiger partial charge in [0.15, 0.2) is 0 Å². The number of nitrogens with one attached hydrogen (secondary N) is 2. The minimum absolute atomic E-state index is 0.177. The molecule has 0 aromatic heterocycles. The number of fused-ring (bicyclic) bond motifs is 1. The van der Waals surface area contributed by atoms with Gasteiger partial charge in [-0.05, 0) is 73.7 Å². The van der Waals surface area contributed by atoms with Crippen LogP contribution in [0.15, 0.2) is 89.0 Å². The summed E-state index contributed by atoms with van der Waals surface area (Å²) in [6.45, 7) is 8.02. The lowest BCUT2D eigenvalue weighted by molar-refractivity contribution is 0.278. The van der Waals surface area contributed by atoms with Crippen LogP contribution in [-0.2, 0) is 0 Å². The van der Waals surface area contributed by atoms with Crippen molar-refractivity contribution < 1.29 is 0 Å². The van der Waals surface area contributed by atoms with Gasteiger partial charge < -0.3 is 10.7 Å². The Kier molecular flexibility index (Phi) is 6.13. The van der Waals surface area contributed by atoms with E-state index in [1.54, 1.807) is 11.9 Å². The maximum absolute atomic E-state index is 9.18. The molecule has 0 saturated carbocycles. The molecule has 0 spiro atoms. The molecule has 2 aromatic rings. The van der Waals surface area contributed by atoms with Crippen molar-refractivity contribution in [1.29, 1.82) is 10.7 Å². The van der Waals surface area contributed by atoms with E-state index in [-0.39, 0.29) is 5.41 Å². The van der Waals surface area contributed by atoms with E-state index in [1.165, 1.54) is 17.4 Å². The van der Waals surface area contributed by atoms with Gasteiger partial charge in [-0.15, -0.1) is 6.58 Å². The first-order valence-electron chi connectivity index (χ1n) is 10.4. The molecule has 1 aliphatic heterocycles. The summed E-state index contributed by atoms with van der Waals surface area (Å²) in [5, 5.41) is 20.7. The smallest absolute Gasteiger partial charge is 0.0992 e. The molecule has 1 heterocycles. The Hall–Kier alpha value is -3.07. The van der Waals surface area contributed by atoms with Crippen molar-refractivity contribution in [3.8, 4) is 6.07 Å². The Bertz CT molecular complexity index is 1110. The van der Waals surface area contributed by atoms with Crippen LogP contribution >= 0.6 is 11.9 Å². The molecule has 1 atom stereocenters. The summed E-state index contributed by atoms with van der Waals surface area (Å²) in [7, 11) is 0. The molecule has 4 nitrogen and oxygen atoms in total. The molecule has 0 amide bonds. The first-order valence-corrected chi connectivity index (χ1v) is 11.2. The van der Waals surface area contributed by atoms with Crippen molar-refractivity contribution in [1.82, 2.24) is 4.31 Å². The van der Waals surface area contributed by atoms with Crippen molar-refractivity contribution in [3.05, 3.63) is 95.2 Å². The number of anilines is 1. The highest BCUT2D eigenvalue weighted by atomic mass is 32.2. The van der Waals surface area contributed by atoms with Gasteiger partial charge in [-0.3, -0.25) is 0 Å². The Labute approximate surface area is 188 Å². The first-order chi connectivity index (χ1) is 15.0. The number of rotatable bonds is 6. The van der Waals surface area contributed by atoms with E-state index in [2.05, 4.69) is 65.6 Å². The van der Waals surface area contributed by atoms with Gasteiger partial charge in [0.2, 0.25) is 0 Å². The maximum atomic E-state index is 9.18. The van der Waals surface area contributed by atoms with E-state index in [4.69, 9.17) is 5.41 Å². The van der Waals surface area contributed by atoms with Crippen LogP contribution in [0.25, 0.3) is 0 Å². The molecule has 1 saturated heterocycles. The average molecular weight is 427 g/mol. The summed E-state index contributed by atoms with van der Waals surface area (Å²) in [5.74, 6) is 0. The van der Waals surface area contributed by atoms with Crippen LogP contribution in [0.5, 0.6) is 0 Å². The zero-order chi connectivity index (χ0) is 21.8. The minimum atomic E-state index is -0.177. The molecule has 156 valence electrons. The number of piperidine rings is 1. The third-order valence-electron chi connectivity index (χ3n) is 5.99. The van der Waals surface area contributed by atoms with Gasteiger partial charge in [-0.1, -0.05) is 35.4 Å². The molecule has 0 bridgehead atoms. The van der Waals surface area contributed by atoms with Crippen LogP contribution in [0.4, 0.5) is 5.69 Å². The molecule has 4 rings (SSSR count). The Morgan fingerprint density at radius 3 is 2.77 bits per heavy atom. The third kappa shape index (κ3) is 4.51. The van der Waals surface area contributed by atoms with E-state index in [0.717, 1.165) is 47.8 Å². The monoisotopic (exact) mass is 426 g/mol. The molecule has 0 radical (unpaired) electrons. The second-order valence-electron chi connectivity index (χ2n) is 8.13. The normalized spacial score (nSPS) is 21.0. The number of hydrogen-bond donors (Lipinski definition) is 2. The van der Waals surface area contributed by atoms with Gasteiger partial charge in [0.1, 0.15) is 0 Å². The maximum Gasteiger partial charge on any atom is 0.0992 e. The van der Waals surface area contributed by atoms with Gasteiger partial charge in [-0.25, -0.2) is 4.31 Å². The van der Waals surface area contributed by atoms with Gasteiger partial charge in [0, 0.05) is 41.0 Å². The molecular formula is C26H26N4S. The predicted octanol–water partition coefficient (Wildman–Crippen LogP) is 6.10. The lowest BCUT2D eigenvalue weighted by atomic mass is 9.69. The van der Waals surface area contributed by atoms with E-state index < -0.39 is 0 Å². The van der Waals surface area contributed by atoms with Crippen LogP contribution in [0.3, 0.4) is 0 Å². The molecule has 1 unspecified atom stereocenters. The predicted molar refractivity (Wildman–Crippen MR) is 129 cm³/mol. The van der Waals surface area contributed by atoms with Crippen molar-refractivity contribution >= 4 is 23.8 Å². The summed E-state index contributed by atoms with van der Waals surface area (Å²) in [5.41, 5.74) is 6.13. The Balaban J connectivity index is 1.56. The summed E-state index contributed by atoms with van der Waals surface area (Å²) in [4.78, 5) is 1.08.